The third-order valence-electron chi connectivity index (χ3n) is 3.48. The molecule has 1 aromatic carbocycles. The van der Waals surface area contributed by atoms with Gasteiger partial charge in [-0.25, -0.2) is 0 Å². The number of nitrogens with one attached hydrogen (secondary N) is 2. The average molecular weight is 261 g/mol. The van der Waals surface area contributed by atoms with Gasteiger partial charge in [0, 0.05) is 47.7 Å². The SMILES string of the molecule is CN1CCNC(CNc2csc3ccccc23)C1. The molecule has 1 fully saturated rings. The topological polar surface area (TPSA) is 27.3 Å². The third-order valence-corrected chi connectivity index (χ3v) is 4.44. The van der Waals surface area contributed by atoms with Crippen LogP contribution in [0, 0.1) is 0 Å². The Morgan fingerprint density at radius 2 is 2.33 bits per heavy atom. The van der Waals surface area contributed by atoms with Gasteiger partial charge in [-0.1, -0.05) is 18.2 Å². The molecule has 0 saturated carbocycles. The molecule has 0 spiro atoms. The molecule has 1 aromatic heterocycles. The van der Waals surface area contributed by atoms with E-state index in [0.29, 0.717) is 6.04 Å². The van der Waals surface area contributed by atoms with Crippen LogP contribution in [0.5, 0.6) is 0 Å². The predicted octanol–water partition coefficient (Wildman–Crippen LogP) is 2.22. The molecule has 0 bridgehead atoms. The smallest absolute Gasteiger partial charge is 0.0529 e. The largest absolute Gasteiger partial charge is 0.382 e. The molecule has 1 unspecified atom stereocenters. The number of nitrogens with zero attached hydrogens (tertiary/aromatic N) is 1. The van der Waals surface area contributed by atoms with Crippen LogP contribution in [0.4, 0.5) is 5.69 Å². The Morgan fingerprint density at radius 1 is 1.44 bits per heavy atom. The number of anilines is 1. The maximum atomic E-state index is 3.58. The molecule has 1 aliphatic heterocycles. The molecule has 1 saturated heterocycles. The van der Waals surface area contributed by atoms with Crippen LogP contribution < -0.4 is 10.6 Å². The van der Waals surface area contributed by atoms with Crippen molar-refractivity contribution in [2.45, 2.75) is 6.04 Å². The molecule has 0 aliphatic carbocycles. The summed E-state index contributed by atoms with van der Waals surface area (Å²) in [5.41, 5.74) is 1.27. The molecule has 0 amide bonds. The quantitative estimate of drug-likeness (QED) is 0.887. The first kappa shape index (κ1) is 12.0. The van der Waals surface area contributed by atoms with Crippen LogP contribution >= 0.6 is 11.3 Å². The highest BCUT2D eigenvalue weighted by Gasteiger charge is 2.16. The zero-order chi connectivity index (χ0) is 12.4. The van der Waals surface area contributed by atoms with E-state index in [1.165, 1.54) is 15.8 Å². The number of likely N-dealkylation sites (N-methyl/N-ethyl adjacent to an activating group) is 1. The van der Waals surface area contributed by atoms with Gasteiger partial charge in [-0.05, 0) is 13.1 Å². The third kappa shape index (κ3) is 2.51. The van der Waals surface area contributed by atoms with Gasteiger partial charge >= 0.3 is 0 Å². The Hall–Kier alpha value is -1.10. The Labute approximate surface area is 112 Å². The van der Waals surface area contributed by atoms with Gasteiger partial charge in [0.15, 0.2) is 0 Å². The average Bonchev–Trinajstić information content (AvgIpc) is 2.80. The predicted molar refractivity (Wildman–Crippen MR) is 79.6 cm³/mol. The van der Waals surface area contributed by atoms with E-state index in [-0.39, 0.29) is 0 Å². The van der Waals surface area contributed by atoms with Crippen molar-refractivity contribution in [2.75, 3.05) is 38.5 Å². The van der Waals surface area contributed by atoms with E-state index in [2.05, 4.69) is 52.2 Å². The summed E-state index contributed by atoms with van der Waals surface area (Å²) in [6, 6.07) is 9.11. The van der Waals surface area contributed by atoms with Gasteiger partial charge in [0.2, 0.25) is 0 Å². The van der Waals surface area contributed by atoms with Gasteiger partial charge in [-0.3, -0.25) is 0 Å². The molecule has 1 aliphatic rings. The minimum Gasteiger partial charge on any atom is -0.382 e. The number of piperazine rings is 1. The number of thiophene rings is 1. The van der Waals surface area contributed by atoms with Crippen LogP contribution in [0.15, 0.2) is 29.6 Å². The van der Waals surface area contributed by atoms with E-state index in [4.69, 9.17) is 0 Å². The van der Waals surface area contributed by atoms with E-state index in [0.717, 1.165) is 26.2 Å². The van der Waals surface area contributed by atoms with Crippen molar-refractivity contribution in [1.82, 2.24) is 10.2 Å². The molecule has 4 heteroatoms. The highest BCUT2D eigenvalue weighted by atomic mass is 32.1. The Kier molecular flexibility index (Phi) is 3.50. The maximum Gasteiger partial charge on any atom is 0.0529 e. The van der Waals surface area contributed by atoms with Crippen LogP contribution in [0.3, 0.4) is 0 Å². The number of hydrogen-bond acceptors (Lipinski definition) is 4. The normalized spacial score (nSPS) is 21.3. The summed E-state index contributed by atoms with van der Waals surface area (Å²) in [6.45, 7) is 4.35. The van der Waals surface area contributed by atoms with Gasteiger partial charge in [-0.15, -0.1) is 11.3 Å². The lowest BCUT2D eigenvalue weighted by atomic mass is 10.2. The summed E-state index contributed by atoms with van der Waals surface area (Å²) in [6.07, 6.45) is 0. The van der Waals surface area contributed by atoms with Gasteiger partial charge in [0.1, 0.15) is 0 Å². The molecular formula is C14H19N3S. The second kappa shape index (κ2) is 5.26. The molecule has 0 radical (unpaired) electrons. The first-order chi connectivity index (χ1) is 8.83. The Bertz CT molecular complexity index is 522. The molecule has 2 heterocycles. The minimum absolute atomic E-state index is 0.544. The van der Waals surface area contributed by atoms with Gasteiger partial charge in [-0.2, -0.15) is 0 Å². The molecule has 2 N–H and O–H groups in total. The lowest BCUT2D eigenvalue weighted by molar-refractivity contribution is 0.244. The van der Waals surface area contributed by atoms with E-state index in [9.17, 15) is 0 Å². The van der Waals surface area contributed by atoms with Crippen LogP contribution in [-0.4, -0.2) is 44.2 Å². The first-order valence-electron chi connectivity index (χ1n) is 6.45. The van der Waals surface area contributed by atoms with E-state index in [1.54, 1.807) is 0 Å². The lowest BCUT2D eigenvalue weighted by Gasteiger charge is -2.31. The minimum atomic E-state index is 0.544. The van der Waals surface area contributed by atoms with E-state index >= 15 is 0 Å². The number of rotatable bonds is 3. The Balaban J connectivity index is 1.66. The molecular weight excluding hydrogens is 242 g/mol. The van der Waals surface area contributed by atoms with Crippen molar-refractivity contribution in [2.24, 2.45) is 0 Å². The lowest BCUT2D eigenvalue weighted by Crippen LogP contribution is -2.51. The summed E-state index contributed by atoms with van der Waals surface area (Å²) >= 11 is 1.81. The summed E-state index contributed by atoms with van der Waals surface area (Å²) in [5, 5.41) is 10.7. The fraction of sp³-hybridized carbons (Fsp3) is 0.429. The van der Waals surface area contributed by atoms with Crippen molar-refractivity contribution < 1.29 is 0 Å². The van der Waals surface area contributed by atoms with Crippen molar-refractivity contribution in [3.63, 3.8) is 0 Å². The number of benzene rings is 1. The first-order valence-corrected chi connectivity index (χ1v) is 7.33. The van der Waals surface area contributed by atoms with Crippen LogP contribution in [0.1, 0.15) is 0 Å². The fourth-order valence-electron chi connectivity index (χ4n) is 2.48. The number of hydrogen-bond donors (Lipinski definition) is 2. The van der Waals surface area contributed by atoms with Crippen molar-refractivity contribution in [3.8, 4) is 0 Å². The highest BCUT2D eigenvalue weighted by Crippen LogP contribution is 2.29. The van der Waals surface area contributed by atoms with E-state index in [1.807, 2.05) is 11.3 Å². The van der Waals surface area contributed by atoms with Gasteiger partial charge in [0.05, 0.1) is 5.69 Å². The summed E-state index contributed by atoms with van der Waals surface area (Å²) < 4.78 is 1.36. The highest BCUT2D eigenvalue weighted by molar-refractivity contribution is 7.17. The molecule has 3 rings (SSSR count). The Morgan fingerprint density at radius 3 is 3.22 bits per heavy atom. The van der Waals surface area contributed by atoms with Crippen LogP contribution in [-0.2, 0) is 0 Å². The molecule has 96 valence electrons. The zero-order valence-electron chi connectivity index (χ0n) is 10.6. The van der Waals surface area contributed by atoms with Gasteiger partial charge in [0.25, 0.3) is 0 Å². The monoisotopic (exact) mass is 261 g/mol. The molecule has 1 atom stereocenters. The summed E-state index contributed by atoms with van der Waals surface area (Å²) in [5.74, 6) is 0. The summed E-state index contributed by atoms with van der Waals surface area (Å²) in [7, 11) is 2.19. The fourth-order valence-corrected chi connectivity index (χ4v) is 3.39. The summed E-state index contributed by atoms with van der Waals surface area (Å²) in [4.78, 5) is 2.38. The van der Waals surface area contributed by atoms with Crippen LogP contribution in [0.2, 0.25) is 0 Å². The van der Waals surface area contributed by atoms with E-state index < -0.39 is 0 Å². The second-order valence-corrected chi connectivity index (χ2v) is 5.85. The van der Waals surface area contributed by atoms with Crippen molar-refractivity contribution >= 4 is 27.1 Å². The van der Waals surface area contributed by atoms with Gasteiger partial charge < -0.3 is 15.5 Å². The van der Waals surface area contributed by atoms with Crippen LogP contribution in [0.25, 0.3) is 10.1 Å². The van der Waals surface area contributed by atoms with Crippen molar-refractivity contribution in [1.29, 1.82) is 0 Å². The molecule has 3 nitrogen and oxygen atoms in total. The number of fused-ring (bicyclic) bond motifs is 1. The standard InChI is InChI=1S/C14H19N3S/c1-17-7-6-15-11(9-17)8-16-13-10-18-14-5-3-2-4-12(13)14/h2-5,10-11,15-16H,6-9H2,1H3. The molecule has 2 aromatic rings. The van der Waals surface area contributed by atoms with Crippen molar-refractivity contribution in [3.05, 3.63) is 29.6 Å². The molecule has 18 heavy (non-hydrogen) atoms. The zero-order valence-corrected chi connectivity index (χ0v) is 11.5. The maximum absolute atomic E-state index is 3.58. The second-order valence-electron chi connectivity index (χ2n) is 4.94.